The topological polar surface area (TPSA) is 79.4 Å². The minimum Gasteiger partial charge on any atom is -0.302 e. The van der Waals surface area contributed by atoms with E-state index in [2.05, 4.69) is 10.3 Å². The highest BCUT2D eigenvalue weighted by Crippen LogP contribution is 2.30. The number of amides is 1. The van der Waals surface area contributed by atoms with Gasteiger partial charge >= 0.3 is 0 Å². The number of carbonyl (C=O) groups excluding carboxylic acids is 1. The first-order chi connectivity index (χ1) is 13.0. The number of piperidine rings is 1. The minimum absolute atomic E-state index is 0.131. The summed E-state index contributed by atoms with van der Waals surface area (Å²) >= 11 is 1.56. The highest BCUT2D eigenvalue weighted by atomic mass is 32.2. The summed E-state index contributed by atoms with van der Waals surface area (Å²) in [5.41, 5.74) is 1.11. The van der Waals surface area contributed by atoms with E-state index in [1.54, 1.807) is 41.7 Å². The number of anilines is 1. The van der Waals surface area contributed by atoms with Crippen LogP contribution < -0.4 is 5.32 Å². The second kappa shape index (κ2) is 7.69. The molecule has 0 bridgehead atoms. The predicted octanol–water partition coefficient (Wildman–Crippen LogP) is 3.06. The average molecular weight is 406 g/mol. The van der Waals surface area contributed by atoms with Crippen molar-refractivity contribution in [2.45, 2.75) is 43.4 Å². The largest absolute Gasteiger partial charge is 0.302 e. The van der Waals surface area contributed by atoms with Gasteiger partial charge in [-0.3, -0.25) is 4.79 Å². The number of carbonyl (C=O) groups is 1. The van der Waals surface area contributed by atoms with Gasteiger partial charge in [-0.05, 0) is 50.7 Å². The quantitative estimate of drug-likeness (QED) is 0.848. The van der Waals surface area contributed by atoms with E-state index in [0.717, 1.165) is 25.0 Å². The van der Waals surface area contributed by atoms with Gasteiger partial charge in [0, 0.05) is 18.0 Å². The molecule has 8 heteroatoms. The number of fused-ring (bicyclic) bond motifs is 1. The Morgan fingerprint density at radius 2 is 1.93 bits per heavy atom. The monoisotopic (exact) mass is 405 g/mol. The molecule has 1 aliphatic heterocycles. The van der Waals surface area contributed by atoms with Gasteiger partial charge in [0.15, 0.2) is 5.13 Å². The van der Waals surface area contributed by atoms with E-state index in [9.17, 15) is 13.2 Å². The van der Waals surface area contributed by atoms with Crippen molar-refractivity contribution in [3.8, 4) is 0 Å². The van der Waals surface area contributed by atoms with Gasteiger partial charge in [-0.15, -0.1) is 11.3 Å². The zero-order valence-corrected chi connectivity index (χ0v) is 16.7. The van der Waals surface area contributed by atoms with Crippen molar-refractivity contribution in [2.24, 2.45) is 5.92 Å². The summed E-state index contributed by atoms with van der Waals surface area (Å²) < 4.78 is 27.1. The van der Waals surface area contributed by atoms with E-state index in [4.69, 9.17) is 0 Å². The van der Waals surface area contributed by atoms with Gasteiger partial charge in [-0.25, -0.2) is 13.4 Å². The Balaban J connectivity index is 1.45. The second-order valence-corrected chi connectivity index (χ2v) is 10.1. The van der Waals surface area contributed by atoms with Crippen LogP contribution in [0.1, 0.15) is 36.3 Å². The average Bonchev–Trinajstić information content (AvgIpc) is 3.11. The molecule has 1 unspecified atom stereocenters. The first-order valence-electron chi connectivity index (χ1n) is 9.39. The third-order valence-electron chi connectivity index (χ3n) is 5.21. The molecule has 2 aromatic rings. The number of aromatic nitrogens is 1. The highest BCUT2D eigenvalue weighted by Gasteiger charge is 2.33. The van der Waals surface area contributed by atoms with Crippen LogP contribution in [0.4, 0.5) is 5.13 Å². The number of nitrogens with one attached hydrogen (secondary N) is 1. The fourth-order valence-corrected chi connectivity index (χ4v) is 6.33. The molecule has 1 aromatic carbocycles. The number of hydrogen-bond donors (Lipinski definition) is 1. The van der Waals surface area contributed by atoms with E-state index < -0.39 is 10.0 Å². The Labute approximate surface area is 163 Å². The Morgan fingerprint density at radius 3 is 2.70 bits per heavy atom. The molecule has 4 rings (SSSR count). The number of benzene rings is 1. The van der Waals surface area contributed by atoms with Crippen molar-refractivity contribution < 1.29 is 13.2 Å². The van der Waals surface area contributed by atoms with Crippen LogP contribution in [0.2, 0.25) is 0 Å². The lowest BCUT2D eigenvalue weighted by Gasteiger charge is -2.31. The number of sulfonamides is 1. The van der Waals surface area contributed by atoms with Gasteiger partial charge in [0.2, 0.25) is 15.9 Å². The Morgan fingerprint density at radius 1 is 1.15 bits per heavy atom. The molecule has 0 spiro atoms. The maximum absolute atomic E-state index is 12.8. The van der Waals surface area contributed by atoms with Crippen molar-refractivity contribution in [2.75, 3.05) is 18.4 Å². The van der Waals surface area contributed by atoms with E-state index in [1.807, 2.05) is 0 Å². The first-order valence-corrected chi connectivity index (χ1v) is 11.6. The SMILES string of the molecule is O=C(Nc1nc2c(s1)CCCC2)C1CCCN(S(=O)(=O)c2ccccc2)C1. The number of aryl methyl sites for hydroxylation is 2. The van der Waals surface area contributed by atoms with Crippen molar-refractivity contribution in [3.05, 3.63) is 40.9 Å². The van der Waals surface area contributed by atoms with Crippen molar-refractivity contribution in [1.82, 2.24) is 9.29 Å². The molecule has 2 aliphatic rings. The van der Waals surface area contributed by atoms with Gasteiger partial charge in [-0.2, -0.15) is 4.31 Å². The van der Waals surface area contributed by atoms with E-state index in [0.29, 0.717) is 24.5 Å². The normalized spacial score (nSPS) is 20.8. The molecule has 1 fully saturated rings. The summed E-state index contributed by atoms with van der Waals surface area (Å²) in [4.78, 5) is 18.8. The van der Waals surface area contributed by atoms with Gasteiger partial charge in [-0.1, -0.05) is 18.2 Å². The van der Waals surface area contributed by atoms with Crippen LogP contribution in [0.25, 0.3) is 0 Å². The Kier molecular flexibility index (Phi) is 5.29. The zero-order valence-electron chi connectivity index (χ0n) is 15.1. The molecule has 6 nitrogen and oxygen atoms in total. The maximum atomic E-state index is 12.8. The lowest BCUT2D eigenvalue weighted by atomic mass is 9.99. The van der Waals surface area contributed by atoms with Crippen LogP contribution in [0.15, 0.2) is 35.2 Å². The molecule has 1 atom stereocenters. The standard InChI is InChI=1S/C19H23N3O3S2/c23-18(21-19-20-16-10-4-5-11-17(16)26-19)14-7-6-12-22(13-14)27(24,25)15-8-2-1-3-9-15/h1-3,8-9,14H,4-7,10-13H2,(H,20,21,23). The second-order valence-electron chi connectivity index (χ2n) is 7.10. The fraction of sp³-hybridized carbons (Fsp3) is 0.474. The summed E-state index contributed by atoms with van der Waals surface area (Å²) in [6.45, 7) is 0.667. The number of nitrogens with zero attached hydrogens (tertiary/aromatic N) is 2. The third kappa shape index (κ3) is 3.93. The number of thiazole rings is 1. The summed E-state index contributed by atoms with van der Waals surface area (Å²) in [5, 5.41) is 3.58. The van der Waals surface area contributed by atoms with Crippen LogP contribution >= 0.6 is 11.3 Å². The molecular formula is C19H23N3O3S2. The minimum atomic E-state index is -3.56. The lowest BCUT2D eigenvalue weighted by molar-refractivity contribution is -0.120. The predicted molar refractivity (Wildman–Crippen MR) is 105 cm³/mol. The lowest BCUT2D eigenvalue weighted by Crippen LogP contribution is -2.43. The summed E-state index contributed by atoms with van der Waals surface area (Å²) in [6, 6.07) is 8.41. The summed E-state index contributed by atoms with van der Waals surface area (Å²) in [6.07, 6.45) is 5.72. The van der Waals surface area contributed by atoms with E-state index >= 15 is 0 Å². The molecule has 0 saturated carbocycles. The Bertz CT molecular complexity index is 901. The molecule has 1 N–H and O–H groups in total. The van der Waals surface area contributed by atoms with E-state index in [1.165, 1.54) is 15.6 Å². The molecular weight excluding hydrogens is 382 g/mol. The van der Waals surface area contributed by atoms with Gasteiger partial charge in [0.05, 0.1) is 16.5 Å². The summed E-state index contributed by atoms with van der Waals surface area (Å²) in [7, 11) is -3.56. The van der Waals surface area contributed by atoms with Gasteiger partial charge in [0.1, 0.15) is 0 Å². The van der Waals surface area contributed by atoms with Crippen LogP contribution in [-0.4, -0.2) is 36.7 Å². The molecule has 1 aromatic heterocycles. The molecule has 2 heterocycles. The smallest absolute Gasteiger partial charge is 0.243 e. The number of rotatable bonds is 4. The maximum Gasteiger partial charge on any atom is 0.243 e. The zero-order chi connectivity index (χ0) is 18.9. The first kappa shape index (κ1) is 18.6. The molecule has 1 amide bonds. The molecule has 27 heavy (non-hydrogen) atoms. The Hall–Kier alpha value is -1.77. The van der Waals surface area contributed by atoms with Crippen LogP contribution in [0, 0.1) is 5.92 Å². The van der Waals surface area contributed by atoms with Crippen molar-refractivity contribution in [1.29, 1.82) is 0 Å². The van der Waals surface area contributed by atoms with Crippen LogP contribution in [0.5, 0.6) is 0 Å². The number of hydrogen-bond acceptors (Lipinski definition) is 5. The van der Waals surface area contributed by atoms with Crippen LogP contribution in [0.3, 0.4) is 0 Å². The van der Waals surface area contributed by atoms with Gasteiger partial charge < -0.3 is 5.32 Å². The van der Waals surface area contributed by atoms with Crippen molar-refractivity contribution >= 4 is 32.4 Å². The van der Waals surface area contributed by atoms with E-state index in [-0.39, 0.29) is 23.3 Å². The molecule has 1 saturated heterocycles. The highest BCUT2D eigenvalue weighted by molar-refractivity contribution is 7.89. The van der Waals surface area contributed by atoms with Gasteiger partial charge in [0.25, 0.3) is 0 Å². The van der Waals surface area contributed by atoms with Crippen molar-refractivity contribution in [3.63, 3.8) is 0 Å². The molecule has 144 valence electrons. The molecule has 1 aliphatic carbocycles. The third-order valence-corrected chi connectivity index (χ3v) is 8.16. The fourth-order valence-electron chi connectivity index (χ4n) is 3.73. The molecule has 0 radical (unpaired) electrons. The van der Waals surface area contributed by atoms with Crippen LogP contribution in [-0.2, 0) is 27.7 Å². The summed E-state index contributed by atoms with van der Waals surface area (Å²) in [5.74, 6) is -0.479.